The second kappa shape index (κ2) is 6.16. The van der Waals surface area contributed by atoms with Crippen molar-refractivity contribution in [2.24, 2.45) is 0 Å². The van der Waals surface area contributed by atoms with Crippen LogP contribution in [0.1, 0.15) is 28.5 Å². The number of aryl methyl sites for hydroxylation is 1. The van der Waals surface area contributed by atoms with Gasteiger partial charge in [-0.05, 0) is 36.6 Å². The van der Waals surface area contributed by atoms with Crippen LogP contribution in [0.5, 0.6) is 0 Å². The molecular weight excluding hydrogens is 314 g/mol. The van der Waals surface area contributed by atoms with Gasteiger partial charge in [-0.3, -0.25) is 14.3 Å². The van der Waals surface area contributed by atoms with E-state index in [0.29, 0.717) is 25.0 Å². The van der Waals surface area contributed by atoms with Crippen molar-refractivity contribution in [3.63, 3.8) is 0 Å². The van der Waals surface area contributed by atoms with Gasteiger partial charge in [0.2, 0.25) is 5.43 Å². The van der Waals surface area contributed by atoms with Crippen LogP contribution in [0.15, 0.2) is 53.3 Å². The Labute approximate surface area is 145 Å². The Hall–Kier alpha value is -2.95. The summed E-state index contributed by atoms with van der Waals surface area (Å²) in [6.45, 7) is 3.68. The van der Waals surface area contributed by atoms with Gasteiger partial charge in [0.15, 0.2) is 5.69 Å². The average Bonchev–Trinajstić information content (AvgIpc) is 2.67. The van der Waals surface area contributed by atoms with Gasteiger partial charge < -0.3 is 4.90 Å². The molecule has 0 aliphatic carbocycles. The van der Waals surface area contributed by atoms with Gasteiger partial charge in [0, 0.05) is 25.0 Å². The van der Waals surface area contributed by atoms with Crippen molar-refractivity contribution in [2.45, 2.75) is 26.4 Å². The molecule has 5 heteroatoms. The van der Waals surface area contributed by atoms with Gasteiger partial charge in [0.25, 0.3) is 5.91 Å². The summed E-state index contributed by atoms with van der Waals surface area (Å²) in [7, 11) is 0. The largest absolute Gasteiger partial charge is 0.332 e. The Morgan fingerprint density at radius 2 is 1.80 bits per heavy atom. The van der Waals surface area contributed by atoms with Crippen molar-refractivity contribution in [3.8, 4) is 0 Å². The zero-order chi connectivity index (χ0) is 17.4. The van der Waals surface area contributed by atoms with Crippen molar-refractivity contribution < 1.29 is 4.79 Å². The first-order valence-corrected chi connectivity index (χ1v) is 8.55. The second-order valence-corrected chi connectivity index (χ2v) is 6.26. The molecule has 1 amide bonds. The molecule has 0 bridgehead atoms. The van der Waals surface area contributed by atoms with E-state index in [2.05, 4.69) is 11.2 Å². The van der Waals surface area contributed by atoms with Crippen LogP contribution in [0.25, 0.3) is 10.9 Å². The molecule has 3 aromatic rings. The molecule has 1 aliphatic rings. The van der Waals surface area contributed by atoms with Crippen LogP contribution >= 0.6 is 0 Å². The fraction of sp³-hybridized carbons (Fsp3) is 0.250. The lowest BCUT2D eigenvalue weighted by atomic mass is 9.99. The Bertz CT molecular complexity index is 1020. The predicted molar refractivity (Wildman–Crippen MR) is 96.6 cm³/mol. The number of fused-ring (bicyclic) bond motifs is 2. The number of para-hydroxylation sites is 1. The number of nitrogens with zero attached hydrogens (tertiary/aromatic N) is 3. The fourth-order valence-corrected chi connectivity index (χ4v) is 3.44. The van der Waals surface area contributed by atoms with E-state index >= 15 is 0 Å². The minimum absolute atomic E-state index is 0.0138. The summed E-state index contributed by atoms with van der Waals surface area (Å²) in [5.41, 5.74) is 2.89. The van der Waals surface area contributed by atoms with Crippen molar-refractivity contribution in [2.75, 3.05) is 6.54 Å². The molecule has 1 aliphatic heterocycles. The van der Waals surface area contributed by atoms with E-state index in [4.69, 9.17) is 0 Å². The number of hydrogen-bond acceptors (Lipinski definition) is 3. The molecule has 126 valence electrons. The molecule has 5 nitrogen and oxygen atoms in total. The highest BCUT2D eigenvalue weighted by Crippen LogP contribution is 2.20. The molecule has 0 fully saturated rings. The second-order valence-electron chi connectivity index (χ2n) is 6.26. The summed E-state index contributed by atoms with van der Waals surface area (Å²) in [5.74, 6) is -0.285. The average molecular weight is 333 g/mol. The Kier molecular flexibility index (Phi) is 3.84. The highest BCUT2D eigenvalue weighted by molar-refractivity contribution is 5.95. The zero-order valence-corrected chi connectivity index (χ0v) is 14.1. The quantitative estimate of drug-likeness (QED) is 0.724. The van der Waals surface area contributed by atoms with E-state index in [9.17, 15) is 9.59 Å². The molecule has 2 aromatic carbocycles. The van der Waals surface area contributed by atoms with Crippen LogP contribution in [-0.4, -0.2) is 27.1 Å². The molecule has 0 unspecified atom stereocenters. The third-order valence-corrected chi connectivity index (χ3v) is 4.78. The lowest BCUT2D eigenvalue weighted by Gasteiger charge is -2.28. The van der Waals surface area contributed by atoms with Crippen molar-refractivity contribution in [1.29, 1.82) is 0 Å². The lowest BCUT2D eigenvalue weighted by molar-refractivity contribution is 0.0725. The van der Waals surface area contributed by atoms with Crippen LogP contribution in [0.2, 0.25) is 0 Å². The van der Waals surface area contributed by atoms with Gasteiger partial charge in [0.1, 0.15) is 0 Å². The van der Waals surface area contributed by atoms with Gasteiger partial charge in [-0.1, -0.05) is 36.4 Å². The maximum Gasteiger partial charge on any atom is 0.278 e. The molecule has 0 atom stereocenters. The molecule has 0 spiro atoms. The Balaban J connectivity index is 1.76. The summed E-state index contributed by atoms with van der Waals surface area (Å²) in [5, 5.41) is 4.90. The minimum atomic E-state index is -0.288. The Morgan fingerprint density at radius 1 is 1.08 bits per heavy atom. The fourth-order valence-electron chi connectivity index (χ4n) is 3.44. The maximum atomic E-state index is 13.0. The van der Waals surface area contributed by atoms with Gasteiger partial charge in [-0.25, -0.2) is 0 Å². The first-order chi connectivity index (χ1) is 12.2. The van der Waals surface area contributed by atoms with E-state index in [1.165, 1.54) is 5.56 Å². The number of carbonyl (C=O) groups is 1. The van der Waals surface area contributed by atoms with Gasteiger partial charge in [-0.15, -0.1) is 0 Å². The summed E-state index contributed by atoms with van der Waals surface area (Å²) in [4.78, 5) is 27.5. The van der Waals surface area contributed by atoms with Crippen LogP contribution < -0.4 is 5.43 Å². The van der Waals surface area contributed by atoms with E-state index in [1.807, 2.05) is 43.3 Å². The number of carbonyl (C=O) groups excluding carboxylic acids is 1. The number of rotatable bonds is 2. The van der Waals surface area contributed by atoms with Crippen LogP contribution in [0.3, 0.4) is 0 Å². The summed E-state index contributed by atoms with van der Waals surface area (Å²) >= 11 is 0. The molecule has 0 saturated heterocycles. The third kappa shape index (κ3) is 2.61. The number of benzene rings is 2. The first-order valence-electron chi connectivity index (χ1n) is 8.55. The normalized spacial score (nSPS) is 13.7. The monoisotopic (exact) mass is 333 g/mol. The van der Waals surface area contributed by atoms with E-state index < -0.39 is 0 Å². The molecule has 0 N–H and O–H groups in total. The predicted octanol–water partition coefficient (Wildman–Crippen LogP) is 2.61. The van der Waals surface area contributed by atoms with Gasteiger partial charge >= 0.3 is 0 Å². The van der Waals surface area contributed by atoms with Crippen LogP contribution in [-0.2, 0) is 19.5 Å². The van der Waals surface area contributed by atoms with Crippen molar-refractivity contribution >= 4 is 16.8 Å². The van der Waals surface area contributed by atoms with E-state index in [1.54, 1.807) is 15.6 Å². The first kappa shape index (κ1) is 15.6. The molecule has 4 rings (SSSR count). The molecule has 25 heavy (non-hydrogen) atoms. The summed E-state index contributed by atoms with van der Waals surface area (Å²) < 4.78 is 1.72. The lowest BCUT2D eigenvalue weighted by Crippen LogP contribution is -2.39. The third-order valence-electron chi connectivity index (χ3n) is 4.78. The van der Waals surface area contributed by atoms with Crippen molar-refractivity contribution in [3.05, 3.63) is 75.6 Å². The molecule has 2 heterocycles. The zero-order valence-electron chi connectivity index (χ0n) is 14.1. The summed E-state index contributed by atoms with van der Waals surface area (Å²) in [6.07, 6.45) is 0.803. The Morgan fingerprint density at radius 3 is 2.60 bits per heavy atom. The highest BCUT2D eigenvalue weighted by Gasteiger charge is 2.25. The van der Waals surface area contributed by atoms with Crippen molar-refractivity contribution in [1.82, 2.24) is 14.7 Å². The number of hydrogen-bond donors (Lipinski definition) is 0. The molecule has 1 aromatic heterocycles. The molecular formula is C20H19N3O2. The standard InChI is InChI=1S/C20H19N3O2/c1-2-23-17-10-6-5-9-16(17)19(24)18(21-23)20(25)22-12-11-14-7-3-4-8-15(14)13-22/h3-10H,2,11-13H2,1H3. The van der Waals surface area contributed by atoms with E-state index in [0.717, 1.165) is 17.5 Å². The van der Waals surface area contributed by atoms with Gasteiger partial charge in [-0.2, -0.15) is 5.10 Å². The maximum absolute atomic E-state index is 13.0. The number of aromatic nitrogens is 2. The van der Waals surface area contributed by atoms with Crippen LogP contribution in [0, 0.1) is 0 Å². The molecule has 0 radical (unpaired) electrons. The molecule has 0 saturated carbocycles. The van der Waals surface area contributed by atoms with E-state index in [-0.39, 0.29) is 17.0 Å². The topological polar surface area (TPSA) is 55.2 Å². The smallest absolute Gasteiger partial charge is 0.278 e. The summed E-state index contributed by atoms with van der Waals surface area (Å²) in [6, 6.07) is 15.4. The van der Waals surface area contributed by atoms with Gasteiger partial charge in [0.05, 0.1) is 5.52 Å². The SMILES string of the molecule is CCn1nc(C(=O)N2CCc3ccccc3C2)c(=O)c2ccccc21. The highest BCUT2D eigenvalue weighted by atomic mass is 16.2. The minimum Gasteiger partial charge on any atom is -0.332 e. The van der Waals surface area contributed by atoms with Crippen LogP contribution in [0.4, 0.5) is 0 Å². The number of amides is 1.